The molecule has 0 amide bonds. The Morgan fingerprint density at radius 3 is 2.50 bits per heavy atom. The van der Waals surface area contributed by atoms with E-state index in [0.717, 1.165) is 29.8 Å². The summed E-state index contributed by atoms with van der Waals surface area (Å²) in [7, 11) is 1.91. The second kappa shape index (κ2) is 2.79. The van der Waals surface area contributed by atoms with Gasteiger partial charge in [-0.15, -0.1) is 0 Å². The molecule has 1 heterocycles. The predicted octanol–water partition coefficient (Wildman–Crippen LogP) is 1.36. The van der Waals surface area contributed by atoms with Crippen LogP contribution in [0.25, 0.3) is 0 Å². The quantitative estimate of drug-likeness (QED) is 0.523. The van der Waals surface area contributed by atoms with Crippen molar-refractivity contribution in [2.24, 2.45) is 12.0 Å². The summed E-state index contributed by atoms with van der Waals surface area (Å²) in [6, 6.07) is 0. The van der Waals surface area contributed by atoms with Gasteiger partial charge < -0.3 is 0 Å². The number of isocyanates is 1. The summed E-state index contributed by atoms with van der Waals surface area (Å²) >= 11 is 0. The summed E-state index contributed by atoms with van der Waals surface area (Å²) in [6.07, 6.45) is 3.55. The van der Waals surface area contributed by atoms with E-state index in [1.165, 1.54) is 0 Å². The monoisotopic (exact) mass is 191 g/mol. The minimum atomic E-state index is -0.288. The number of aliphatic imine (C=N–C) groups is 1. The Morgan fingerprint density at radius 1 is 1.50 bits per heavy atom. The molecule has 0 spiro atoms. The van der Waals surface area contributed by atoms with Crippen LogP contribution in [0.2, 0.25) is 0 Å². The molecule has 4 heteroatoms. The molecule has 0 bridgehead atoms. The Bertz CT molecular complexity index is 423. The third kappa shape index (κ3) is 1.11. The molecule has 1 aromatic heterocycles. The summed E-state index contributed by atoms with van der Waals surface area (Å²) in [5.41, 5.74) is 2.90. The van der Waals surface area contributed by atoms with Crippen molar-refractivity contribution in [1.29, 1.82) is 0 Å². The van der Waals surface area contributed by atoms with Crippen molar-refractivity contribution in [1.82, 2.24) is 9.78 Å². The molecule has 1 aromatic rings. The first-order valence-electron chi connectivity index (χ1n) is 4.70. The van der Waals surface area contributed by atoms with E-state index in [2.05, 4.69) is 10.1 Å². The highest BCUT2D eigenvalue weighted by Gasteiger charge is 2.48. The molecular formula is C10H13N3O. The van der Waals surface area contributed by atoms with Gasteiger partial charge in [0, 0.05) is 18.3 Å². The van der Waals surface area contributed by atoms with Gasteiger partial charge in [-0.05, 0) is 26.7 Å². The lowest BCUT2D eigenvalue weighted by Crippen LogP contribution is -2.05. The fourth-order valence-corrected chi connectivity index (χ4v) is 2.07. The van der Waals surface area contributed by atoms with Crippen molar-refractivity contribution in [2.45, 2.75) is 32.2 Å². The molecule has 14 heavy (non-hydrogen) atoms. The number of aryl methyl sites for hydroxylation is 2. The number of rotatable bonds is 2. The Kier molecular flexibility index (Phi) is 1.82. The van der Waals surface area contributed by atoms with E-state index in [1.54, 1.807) is 6.08 Å². The van der Waals surface area contributed by atoms with Crippen LogP contribution < -0.4 is 0 Å². The second-order valence-corrected chi connectivity index (χ2v) is 3.90. The number of hydrogen-bond acceptors (Lipinski definition) is 3. The summed E-state index contributed by atoms with van der Waals surface area (Å²) in [4.78, 5) is 14.3. The molecule has 0 aromatic carbocycles. The SMILES string of the molecule is Cc1nn(C)c(C)c1C1(N=C=O)CC1. The van der Waals surface area contributed by atoms with E-state index < -0.39 is 0 Å². The van der Waals surface area contributed by atoms with Crippen LogP contribution in [0.1, 0.15) is 29.8 Å². The van der Waals surface area contributed by atoms with Gasteiger partial charge >= 0.3 is 0 Å². The van der Waals surface area contributed by atoms with Gasteiger partial charge in [-0.3, -0.25) is 4.68 Å². The average molecular weight is 191 g/mol. The van der Waals surface area contributed by atoms with E-state index in [9.17, 15) is 4.79 Å². The largest absolute Gasteiger partial charge is 0.272 e. The van der Waals surface area contributed by atoms with Crippen molar-refractivity contribution in [3.05, 3.63) is 17.0 Å². The first-order chi connectivity index (χ1) is 6.60. The molecule has 0 atom stereocenters. The van der Waals surface area contributed by atoms with Crippen LogP contribution in [0.3, 0.4) is 0 Å². The minimum absolute atomic E-state index is 0.288. The summed E-state index contributed by atoms with van der Waals surface area (Å²) in [5.74, 6) is 0. The second-order valence-electron chi connectivity index (χ2n) is 3.90. The van der Waals surface area contributed by atoms with Crippen LogP contribution in [0.5, 0.6) is 0 Å². The normalized spacial score (nSPS) is 17.6. The van der Waals surface area contributed by atoms with E-state index in [-0.39, 0.29) is 5.54 Å². The predicted molar refractivity (Wildman–Crippen MR) is 51.7 cm³/mol. The summed E-state index contributed by atoms with van der Waals surface area (Å²) in [6.45, 7) is 3.97. The lowest BCUT2D eigenvalue weighted by molar-refractivity contribution is 0.556. The van der Waals surface area contributed by atoms with Gasteiger partial charge in [-0.1, -0.05) is 0 Å². The highest BCUT2D eigenvalue weighted by Crippen LogP contribution is 2.51. The van der Waals surface area contributed by atoms with Gasteiger partial charge in [0.15, 0.2) is 0 Å². The molecule has 1 aliphatic rings. The maximum atomic E-state index is 10.3. The van der Waals surface area contributed by atoms with Crippen LogP contribution in [0.15, 0.2) is 4.99 Å². The lowest BCUT2D eigenvalue weighted by Gasteiger charge is -2.07. The van der Waals surface area contributed by atoms with Gasteiger partial charge in [-0.25, -0.2) is 4.79 Å². The highest BCUT2D eigenvalue weighted by atomic mass is 16.1. The molecule has 0 aliphatic heterocycles. The van der Waals surface area contributed by atoms with Gasteiger partial charge in [0.05, 0.1) is 5.69 Å². The zero-order valence-corrected chi connectivity index (χ0v) is 8.66. The first-order valence-corrected chi connectivity index (χ1v) is 4.70. The third-order valence-corrected chi connectivity index (χ3v) is 2.96. The number of nitrogens with zero attached hydrogens (tertiary/aromatic N) is 3. The third-order valence-electron chi connectivity index (χ3n) is 2.96. The zero-order chi connectivity index (χ0) is 10.3. The van der Waals surface area contributed by atoms with Crippen LogP contribution >= 0.6 is 0 Å². The molecule has 0 unspecified atom stereocenters. The fourth-order valence-electron chi connectivity index (χ4n) is 2.07. The van der Waals surface area contributed by atoms with E-state index in [4.69, 9.17) is 0 Å². The van der Waals surface area contributed by atoms with Gasteiger partial charge in [-0.2, -0.15) is 10.1 Å². The first kappa shape index (κ1) is 9.16. The summed E-state index contributed by atoms with van der Waals surface area (Å²) in [5, 5.41) is 4.33. The van der Waals surface area contributed by atoms with Gasteiger partial charge in [0.2, 0.25) is 6.08 Å². The Balaban J connectivity index is 2.56. The topological polar surface area (TPSA) is 47.2 Å². The Hall–Kier alpha value is -1.41. The van der Waals surface area contributed by atoms with Gasteiger partial charge in [0.25, 0.3) is 0 Å². The molecule has 2 rings (SSSR count). The van der Waals surface area contributed by atoms with E-state index >= 15 is 0 Å². The number of hydrogen-bond donors (Lipinski definition) is 0. The van der Waals surface area contributed by atoms with Crippen molar-refractivity contribution >= 4 is 6.08 Å². The van der Waals surface area contributed by atoms with Crippen LogP contribution in [0, 0.1) is 13.8 Å². The molecular weight excluding hydrogens is 178 g/mol. The van der Waals surface area contributed by atoms with Crippen molar-refractivity contribution < 1.29 is 4.79 Å². The highest BCUT2D eigenvalue weighted by molar-refractivity contribution is 5.44. The molecule has 0 N–H and O–H groups in total. The van der Waals surface area contributed by atoms with E-state index in [1.807, 2.05) is 25.6 Å². The molecule has 1 saturated carbocycles. The molecule has 74 valence electrons. The number of carbonyl (C=O) groups excluding carboxylic acids is 1. The molecule has 0 saturated heterocycles. The van der Waals surface area contributed by atoms with Gasteiger partial charge in [0.1, 0.15) is 5.54 Å². The van der Waals surface area contributed by atoms with E-state index in [0.29, 0.717) is 0 Å². The lowest BCUT2D eigenvalue weighted by atomic mass is 10.0. The zero-order valence-electron chi connectivity index (χ0n) is 8.66. The van der Waals surface area contributed by atoms with Crippen molar-refractivity contribution in [3.8, 4) is 0 Å². The smallest absolute Gasteiger partial charge is 0.235 e. The van der Waals surface area contributed by atoms with Crippen LogP contribution in [0.4, 0.5) is 0 Å². The maximum absolute atomic E-state index is 10.3. The Labute approximate surface area is 82.6 Å². The van der Waals surface area contributed by atoms with Crippen LogP contribution in [-0.4, -0.2) is 15.9 Å². The minimum Gasteiger partial charge on any atom is -0.272 e. The molecule has 1 aliphatic carbocycles. The van der Waals surface area contributed by atoms with Crippen molar-refractivity contribution in [3.63, 3.8) is 0 Å². The molecule has 0 radical (unpaired) electrons. The van der Waals surface area contributed by atoms with Crippen molar-refractivity contribution in [2.75, 3.05) is 0 Å². The maximum Gasteiger partial charge on any atom is 0.235 e. The molecule has 4 nitrogen and oxygen atoms in total. The number of aromatic nitrogens is 2. The fraction of sp³-hybridized carbons (Fsp3) is 0.600. The average Bonchev–Trinajstić information content (AvgIpc) is 2.80. The summed E-state index contributed by atoms with van der Waals surface area (Å²) < 4.78 is 1.84. The standard InChI is InChI=1S/C10H13N3O/c1-7-9(8(2)13(3)12-7)10(4-5-10)11-6-14/h4-5H2,1-3H3. The Morgan fingerprint density at radius 2 is 2.14 bits per heavy atom. The molecule has 1 fully saturated rings. The van der Waals surface area contributed by atoms with Crippen LogP contribution in [-0.2, 0) is 17.4 Å².